The van der Waals surface area contributed by atoms with Crippen LogP contribution in [-0.4, -0.2) is 51.2 Å². The molecule has 0 radical (unpaired) electrons. The number of nitrogens with one attached hydrogen (secondary N) is 1. The van der Waals surface area contributed by atoms with E-state index in [-0.39, 0.29) is 5.91 Å². The third kappa shape index (κ3) is 3.61. The first kappa shape index (κ1) is 17.5. The number of carbonyl (C=O) groups is 1. The van der Waals surface area contributed by atoms with Crippen LogP contribution in [0.25, 0.3) is 11.0 Å². The van der Waals surface area contributed by atoms with Crippen LogP contribution in [0.1, 0.15) is 57.1 Å². The van der Waals surface area contributed by atoms with Gasteiger partial charge in [-0.25, -0.2) is 9.67 Å². The van der Waals surface area contributed by atoms with Gasteiger partial charge in [0, 0.05) is 43.6 Å². The van der Waals surface area contributed by atoms with Crippen molar-refractivity contribution in [3.63, 3.8) is 0 Å². The summed E-state index contributed by atoms with van der Waals surface area (Å²) in [5.41, 5.74) is 2.12. The maximum Gasteiger partial charge on any atom is 0.216 e. The minimum atomic E-state index is -0.00596. The number of fused-ring (bicyclic) bond motifs is 1. The summed E-state index contributed by atoms with van der Waals surface area (Å²) in [6.45, 7) is 5.10. The van der Waals surface area contributed by atoms with Gasteiger partial charge in [0.25, 0.3) is 0 Å². The second-order valence-corrected chi connectivity index (χ2v) is 7.74. The molecule has 2 aromatic heterocycles. The third-order valence-corrected chi connectivity index (χ3v) is 5.93. The first-order valence-electron chi connectivity index (χ1n) is 10.0. The van der Waals surface area contributed by atoms with Gasteiger partial charge in [-0.2, -0.15) is 5.10 Å². The van der Waals surface area contributed by atoms with Crippen LogP contribution in [0.3, 0.4) is 0 Å². The lowest BCUT2D eigenvalue weighted by molar-refractivity contribution is -0.118. The molecule has 1 N–H and O–H groups in total. The minimum absolute atomic E-state index is 0.00596. The van der Waals surface area contributed by atoms with E-state index in [0.29, 0.717) is 19.0 Å². The van der Waals surface area contributed by atoms with Gasteiger partial charge in [0.05, 0.1) is 12.2 Å². The largest absolute Gasteiger partial charge is 0.354 e. The predicted octanol–water partition coefficient (Wildman–Crippen LogP) is 2.69. The van der Waals surface area contributed by atoms with Crippen molar-refractivity contribution in [3.05, 3.63) is 24.0 Å². The lowest BCUT2D eigenvalue weighted by atomic mass is 9.94. The minimum Gasteiger partial charge on any atom is -0.354 e. The van der Waals surface area contributed by atoms with E-state index in [1.807, 2.05) is 16.9 Å². The van der Waals surface area contributed by atoms with E-state index in [1.165, 1.54) is 56.1 Å². The van der Waals surface area contributed by atoms with Crippen molar-refractivity contribution >= 4 is 16.9 Å². The number of nitrogens with zero attached hydrogens (tertiary/aromatic N) is 4. The number of amides is 1. The molecular formula is C20H29N5O. The molecule has 2 aromatic rings. The molecule has 0 aromatic carbocycles. The van der Waals surface area contributed by atoms with Gasteiger partial charge in [-0.1, -0.05) is 19.3 Å². The molecule has 6 nitrogen and oxygen atoms in total. The Kier molecular flexibility index (Phi) is 5.20. The van der Waals surface area contributed by atoms with Gasteiger partial charge in [-0.05, 0) is 37.9 Å². The second-order valence-electron chi connectivity index (χ2n) is 7.74. The number of hydrogen-bond donors (Lipinski definition) is 1. The SMILES string of the molecule is CC(=O)NCCn1nc(C2CCN(C3CCCCC3)C2)c2cccnc21. The van der Waals surface area contributed by atoms with Crippen molar-refractivity contribution in [2.45, 2.75) is 64.0 Å². The molecule has 2 aliphatic rings. The Bertz CT molecular complexity index is 765. The summed E-state index contributed by atoms with van der Waals surface area (Å²) >= 11 is 0. The van der Waals surface area contributed by atoms with Crippen LogP contribution in [0.5, 0.6) is 0 Å². The summed E-state index contributed by atoms with van der Waals surface area (Å²) in [5, 5.41) is 8.95. The molecule has 1 aliphatic carbocycles. The molecule has 3 heterocycles. The van der Waals surface area contributed by atoms with Crippen LogP contribution in [0.4, 0.5) is 0 Å². The highest BCUT2D eigenvalue weighted by Gasteiger charge is 2.32. The number of rotatable bonds is 5. The highest BCUT2D eigenvalue weighted by Crippen LogP contribution is 2.34. The standard InChI is InChI=1S/C20H29N5O/c1-15(26)21-11-13-25-20-18(8-5-10-22-20)19(23-25)16-9-12-24(14-16)17-6-3-2-4-7-17/h5,8,10,16-17H,2-4,6-7,9,11-14H2,1H3,(H,21,26). The fourth-order valence-electron chi connectivity index (χ4n) is 4.62. The number of likely N-dealkylation sites (tertiary alicyclic amines) is 1. The zero-order valence-corrected chi connectivity index (χ0v) is 15.7. The smallest absolute Gasteiger partial charge is 0.216 e. The van der Waals surface area contributed by atoms with E-state index in [2.05, 4.69) is 21.3 Å². The Morgan fingerprint density at radius 2 is 2.12 bits per heavy atom. The molecule has 1 amide bonds. The number of carbonyl (C=O) groups excluding carboxylic acids is 1. The normalized spacial score (nSPS) is 22.1. The van der Waals surface area contributed by atoms with Gasteiger partial charge in [0.1, 0.15) is 0 Å². The number of pyridine rings is 1. The van der Waals surface area contributed by atoms with E-state index in [0.717, 1.165) is 18.2 Å². The lowest BCUT2D eigenvalue weighted by Crippen LogP contribution is -2.34. The summed E-state index contributed by atoms with van der Waals surface area (Å²) in [4.78, 5) is 18.4. The van der Waals surface area contributed by atoms with E-state index in [4.69, 9.17) is 5.10 Å². The summed E-state index contributed by atoms with van der Waals surface area (Å²) in [6.07, 6.45) is 9.91. The molecule has 0 spiro atoms. The van der Waals surface area contributed by atoms with Crippen LogP contribution in [0.2, 0.25) is 0 Å². The highest BCUT2D eigenvalue weighted by molar-refractivity contribution is 5.79. The van der Waals surface area contributed by atoms with E-state index in [1.54, 1.807) is 6.92 Å². The van der Waals surface area contributed by atoms with Gasteiger partial charge in [-0.15, -0.1) is 0 Å². The van der Waals surface area contributed by atoms with Gasteiger partial charge in [-0.3, -0.25) is 9.69 Å². The van der Waals surface area contributed by atoms with Gasteiger partial charge >= 0.3 is 0 Å². The molecule has 1 saturated heterocycles. The second kappa shape index (κ2) is 7.74. The Morgan fingerprint density at radius 1 is 1.27 bits per heavy atom. The molecule has 1 aliphatic heterocycles. The summed E-state index contributed by atoms with van der Waals surface area (Å²) in [6, 6.07) is 4.92. The average Bonchev–Trinajstić information content (AvgIpc) is 3.28. The van der Waals surface area contributed by atoms with Crippen molar-refractivity contribution in [1.82, 2.24) is 25.0 Å². The highest BCUT2D eigenvalue weighted by atomic mass is 16.1. The fraction of sp³-hybridized carbons (Fsp3) is 0.650. The van der Waals surface area contributed by atoms with Crippen molar-refractivity contribution < 1.29 is 4.79 Å². The quantitative estimate of drug-likeness (QED) is 0.896. The van der Waals surface area contributed by atoms with Gasteiger partial charge in [0.15, 0.2) is 5.65 Å². The zero-order valence-electron chi connectivity index (χ0n) is 15.7. The zero-order chi connectivity index (χ0) is 17.9. The van der Waals surface area contributed by atoms with Crippen LogP contribution >= 0.6 is 0 Å². The van der Waals surface area contributed by atoms with Crippen LogP contribution in [-0.2, 0) is 11.3 Å². The molecule has 6 heteroatoms. The molecule has 4 rings (SSSR count). The molecule has 140 valence electrons. The summed E-state index contributed by atoms with van der Waals surface area (Å²) < 4.78 is 1.96. The predicted molar refractivity (Wildman–Crippen MR) is 102 cm³/mol. The molecule has 2 fully saturated rings. The monoisotopic (exact) mass is 355 g/mol. The Balaban J connectivity index is 1.52. The fourth-order valence-corrected chi connectivity index (χ4v) is 4.62. The number of hydrogen-bond acceptors (Lipinski definition) is 4. The van der Waals surface area contributed by atoms with Crippen LogP contribution in [0, 0.1) is 0 Å². The molecule has 1 saturated carbocycles. The molecule has 26 heavy (non-hydrogen) atoms. The summed E-state index contributed by atoms with van der Waals surface area (Å²) in [5.74, 6) is 0.485. The Morgan fingerprint density at radius 3 is 2.92 bits per heavy atom. The average molecular weight is 355 g/mol. The van der Waals surface area contributed by atoms with Gasteiger partial charge < -0.3 is 5.32 Å². The lowest BCUT2D eigenvalue weighted by Gasteiger charge is -2.30. The van der Waals surface area contributed by atoms with Crippen molar-refractivity contribution in [1.29, 1.82) is 0 Å². The van der Waals surface area contributed by atoms with E-state index < -0.39 is 0 Å². The topological polar surface area (TPSA) is 63.1 Å². The van der Waals surface area contributed by atoms with Crippen LogP contribution < -0.4 is 5.32 Å². The van der Waals surface area contributed by atoms with E-state index >= 15 is 0 Å². The van der Waals surface area contributed by atoms with E-state index in [9.17, 15) is 4.79 Å². The molecular weight excluding hydrogens is 326 g/mol. The van der Waals surface area contributed by atoms with Crippen molar-refractivity contribution in [2.75, 3.05) is 19.6 Å². The summed E-state index contributed by atoms with van der Waals surface area (Å²) in [7, 11) is 0. The first-order valence-corrected chi connectivity index (χ1v) is 10.0. The third-order valence-electron chi connectivity index (χ3n) is 5.93. The van der Waals surface area contributed by atoms with Crippen molar-refractivity contribution in [2.24, 2.45) is 0 Å². The molecule has 1 unspecified atom stereocenters. The molecule has 1 atom stereocenters. The Hall–Kier alpha value is -1.95. The Labute approximate surface area is 155 Å². The van der Waals surface area contributed by atoms with Crippen LogP contribution in [0.15, 0.2) is 18.3 Å². The first-order chi connectivity index (χ1) is 12.7. The maximum atomic E-state index is 11.1. The number of aromatic nitrogens is 3. The van der Waals surface area contributed by atoms with Gasteiger partial charge in [0.2, 0.25) is 5.91 Å². The maximum absolute atomic E-state index is 11.1. The van der Waals surface area contributed by atoms with Crippen molar-refractivity contribution in [3.8, 4) is 0 Å². The molecule has 0 bridgehead atoms.